The highest BCUT2D eigenvalue weighted by Gasteiger charge is 2.14. The Balaban J connectivity index is 2.05. The van der Waals surface area contributed by atoms with Gasteiger partial charge in [0.1, 0.15) is 0 Å². The molecule has 0 amide bonds. The van der Waals surface area contributed by atoms with Crippen LogP contribution < -0.4 is 5.73 Å². The lowest BCUT2D eigenvalue weighted by molar-refractivity contribution is 0.952. The zero-order valence-corrected chi connectivity index (χ0v) is 12.6. The maximum Gasteiger partial charge on any atom is 0.0519 e. The summed E-state index contributed by atoms with van der Waals surface area (Å²) in [5.41, 5.74) is 8.40. The number of hydrogen-bond acceptors (Lipinski definition) is 3. The molecule has 1 aromatic heterocycles. The predicted molar refractivity (Wildman–Crippen MR) is 83.6 cm³/mol. The van der Waals surface area contributed by atoms with Gasteiger partial charge in [-0.1, -0.05) is 29.8 Å². The van der Waals surface area contributed by atoms with Crippen molar-refractivity contribution in [3.63, 3.8) is 0 Å². The molecule has 4 heteroatoms. The molecule has 0 radical (unpaired) electrons. The molecule has 0 spiro atoms. The third-order valence-electron chi connectivity index (χ3n) is 2.81. The Labute approximate surface area is 121 Å². The van der Waals surface area contributed by atoms with Crippen molar-refractivity contribution < 1.29 is 0 Å². The van der Waals surface area contributed by atoms with Crippen LogP contribution in [0.15, 0.2) is 35.7 Å². The van der Waals surface area contributed by atoms with E-state index in [2.05, 4.69) is 24.4 Å². The standard InChI is InChI=1S/C14H16ClNS2/c1-10-6-7-17-14(10)13(8-16)18-9-11-4-2-3-5-12(11)15/h2-7,13H,8-9,16H2,1H3. The van der Waals surface area contributed by atoms with Crippen molar-refractivity contribution >= 4 is 34.7 Å². The lowest BCUT2D eigenvalue weighted by Gasteiger charge is -2.14. The summed E-state index contributed by atoms with van der Waals surface area (Å²) in [6.07, 6.45) is 0. The molecule has 18 heavy (non-hydrogen) atoms. The Morgan fingerprint density at radius 3 is 2.72 bits per heavy atom. The Morgan fingerprint density at radius 2 is 2.11 bits per heavy atom. The molecule has 0 bridgehead atoms. The van der Waals surface area contributed by atoms with Gasteiger partial charge in [-0.05, 0) is 35.6 Å². The van der Waals surface area contributed by atoms with E-state index in [0.29, 0.717) is 11.8 Å². The minimum atomic E-state index is 0.362. The Morgan fingerprint density at radius 1 is 1.33 bits per heavy atom. The summed E-state index contributed by atoms with van der Waals surface area (Å²) in [7, 11) is 0. The first-order valence-corrected chi connectivity index (χ1v) is 8.12. The summed E-state index contributed by atoms with van der Waals surface area (Å²) in [4.78, 5) is 1.38. The third kappa shape index (κ3) is 3.29. The van der Waals surface area contributed by atoms with Crippen LogP contribution in [-0.4, -0.2) is 6.54 Å². The number of halogens is 1. The van der Waals surface area contributed by atoms with E-state index in [4.69, 9.17) is 17.3 Å². The Bertz CT molecular complexity index is 510. The van der Waals surface area contributed by atoms with Gasteiger partial charge in [-0.2, -0.15) is 0 Å². The first-order chi connectivity index (χ1) is 8.72. The first kappa shape index (κ1) is 13.9. The number of hydrogen-bond donors (Lipinski definition) is 1. The maximum atomic E-state index is 6.17. The van der Waals surface area contributed by atoms with Gasteiger partial charge in [0.05, 0.1) is 5.25 Å². The fraction of sp³-hybridized carbons (Fsp3) is 0.286. The van der Waals surface area contributed by atoms with Gasteiger partial charge in [-0.3, -0.25) is 0 Å². The average molecular weight is 298 g/mol. The van der Waals surface area contributed by atoms with Gasteiger partial charge in [0, 0.05) is 22.2 Å². The summed E-state index contributed by atoms with van der Waals surface area (Å²) >= 11 is 9.81. The Hall–Kier alpha value is -0.480. The van der Waals surface area contributed by atoms with Crippen LogP contribution in [0.1, 0.15) is 21.3 Å². The number of nitrogens with two attached hydrogens (primary N) is 1. The van der Waals surface area contributed by atoms with E-state index < -0.39 is 0 Å². The van der Waals surface area contributed by atoms with Crippen molar-refractivity contribution in [3.05, 3.63) is 56.7 Å². The molecule has 0 aliphatic rings. The molecule has 1 unspecified atom stereocenters. The SMILES string of the molecule is Cc1ccsc1C(CN)SCc1ccccc1Cl. The lowest BCUT2D eigenvalue weighted by atomic mass is 10.2. The van der Waals surface area contributed by atoms with Gasteiger partial charge in [-0.25, -0.2) is 0 Å². The van der Waals surface area contributed by atoms with Gasteiger partial charge in [-0.15, -0.1) is 23.1 Å². The monoisotopic (exact) mass is 297 g/mol. The van der Waals surface area contributed by atoms with Gasteiger partial charge in [0.15, 0.2) is 0 Å². The molecular formula is C14H16ClNS2. The van der Waals surface area contributed by atoms with E-state index in [1.54, 1.807) is 11.3 Å². The molecule has 2 rings (SSSR count). The smallest absolute Gasteiger partial charge is 0.0519 e. The molecule has 1 atom stereocenters. The topological polar surface area (TPSA) is 26.0 Å². The lowest BCUT2D eigenvalue weighted by Crippen LogP contribution is -2.09. The molecule has 1 aromatic carbocycles. The molecule has 1 nitrogen and oxygen atoms in total. The highest BCUT2D eigenvalue weighted by molar-refractivity contribution is 7.98. The van der Waals surface area contributed by atoms with Crippen molar-refractivity contribution in [2.45, 2.75) is 17.9 Å². The van der Waals surface area contributed by atoms with Gasteiger partial charge in [0.25, 0.3) is 0 Å². The van der Waals surface area contributed by atoms with Crippen LogP contribution in [-0.2, 0) is 5.75 Å². The van der Waals surface area contributed by atoms with Gasteiger partial charge < -0.3 is 5.73 Å². The zero-order valence-electron chi connectivity index (χ0n) is 10.2. The molecule has 0 aliphatic carbocycles. The van der Waals surface area contributed by atoms with Crippen LogP contribution in [0.4, 0.5) is 0 Å². The van der Waals surface area contributed by atoms with E-state index in [9.17, 15) is 0 Å². The van der Waals surface area contributed by atoms with Crippen molar-refractivity contribution in [1.82, 2.24) is 0 Å². The molecule has 1 heterocycles. The number of benzene rings is 1. The number of thioether (sulfide) groups is 1. The number of aryl methyl sites for hydroxylation is 1. The normalized spacial score (nSPS) is 12.6. The van der Waals surface area contributed by atoms with Crippen LogP contribution >= 0.6 is 34.7 Å². The highest BCUT2D eigenvalue weighted by Crippen LogP contribution is 2.36. The second-order valence-corrected chi connectivity index (χ2v) is 6.64. The summed E-state index contributed by atoms with van der Waals surface area (Å²) in [5.74, 6) is 0.902. The molecule has 2 aromatic rings. The third-order valence-corrected chi connectivity index (χ3v) is 5.76. The van der Waals surface area contributed by atoms with Gasteiger partial charge in [0.2, 0.25) is 0 Å². The van der Waals surface area contributed by atoms with Crippen molar-refractivity contribution in [1.29, 1.82) is 0 Å². The van der Waals surface area contributed by atoms with Crippen molar-refractivity contribution in [2.24, 2.45) is 5.73 Å². The van der Waals surface area contributed by atoms with E-state index in [1.807, 2.05) is 30.0 Å². The van der Waals surface area contributed by atoms with Crippen LogP contribution in [0.5, 0.6) is 0 Å². The summed E-state index contributed by atoms with van der Waals surface area (Å²) in [6.45, 7) is 2.81. The second-order valence-electron chi connectivity index (χ2n) is 4.09. The minimum absolute atomic E-state index is 0.362. The largest absolute Gasteiger partial charge is 0.329 e. The molecule has 2 N–H and O–H groups in total. The second kappa shape index (κ2) is 6.62. The molecule has 96 valence electrons. The molecule has 0 fully saturated rings. The molecule has 0 saturated carbocycles. The van der Waals surface area contributed by atoms with Crippen LogP contribution in [0.25, 0.3) is 0 Å². The van der Waals surface area contributed by atoms with E-state index in [0.717, 1.165) is 10.8 Å². The summed E-state index contributed by atoms with van der Waals surface area (Å²) in [6, 6.07) is 10.1. The van der Waals surface area contributed by atoms with E-state index in [-0.39, 0.29) is 0 Å². The van der Waals surface area contributed by atoms with Crippen LogP contribution in [0.3, 0.4) is 0 Å². The van der Waals surface area contributed by atoms with Crippen LogP contribution in [0.2, 0.25) is 5.02 Å². The highest BCUT2D eigenvalue weighted by atomic mass is 35.5. The van der Waals surface area contributed by atoms with Crippen LogP contribution in [0, 0.1) is 6.92 Å². The van der Waals surface area contributed by atoms with Gasteiger partial charge >= 0.3 is 0 Å². The summed E-state index contributed by atoms with van der Waals surface area (Å²) in [5, 5.41) is 3.33. The van der Waals surface area contributed by atoms with E-state index in [1.165, 1.54) is 16.0 Å². The Kier molecular flexibility index (Phi) is 5.13. The number of thiophene rings is 1. The molecule has 0 saturated heterocycles. The fourth-order valence-corrected chi connectivity index (χ4v) is 4.45. The maximum absolute atomic E-state index is 6.17. The van der Waals surface area contributed by atoms with Crippen molar-refractivity contribution in [2.75, 3.05) is 6.54 Å². The van der Waals surface area contributed by atoms with Crippen molar-refractivity contribution in [3.8, 4) is 0 Å². The quantitative estimate of drug-likeness (QED) is 0.870. The summed E-state index contributed by atoms with van der Waals surface area (Å²) < 4.78 is 0. The zero-order chi connectivity index (χ0) is 13.0. The molecular weight excluding hydrogens is 282 g/mol. The predicted octanol–water partition coefficient (Wildman–Crippen LogP) is 4.64. The van der Waals surface area contributed by atoms with E-state index >= 15 is 0 Å². The first-order valence-electron chi connectivity index (χ1n) is 5.81. The average Bonchev–Trinajstić information content (AvgIpc) is 2.79. The minimum Gasteiger partial charge on any atom is -0.329 e. The molecule has 0 aliphatic heterocycles. The number of rotatable bonds is 5. The fourth-order valence-electron chi connectivity index (χ4n) is 1.77.